The highest BCUT2D eigenvalue weighted by atomic mass is 16.5. The number of phenolic OH excluding ortho intramolecular Hbond substituents is 1. The van der Waals surface area contributed by atoms with Gasteiger partial charge in [0.25, 0.3) is 0 Å². The Hall–Kier alpha value is -1.26. The topological polar surface area (TPSA) is 58.7 Å². The number of nitrogens with two attached hydrogens (primary N) is 1. The number of hydrogen-bond donors (Lipinski definition) is 2. The second-order valence-corrected chi connectivity index (χ2v) is 4.59. The third-order valence-electron chi connectivity index (χ3n) is 3.40. The van der Waals surface area contributed by atoms with Crippen molar-refractivity contribution in [1.82, 2.24) is 4.90 Å². The van der Waals surface area contributed by atoms with Gasteiger partial charge in [0.1, 0.15) is 0 Å². The first-order chi connectivity index (χ1) is 8.24. The van der Waals surface area contributed by atoms with Gasteiger partial charge in [-0.1, -0.05) is 12.1 Å². The van der Waals surface area contributed by atoms with E-state index in [1.165, 1.54) is 0 Å². The van der Waals surface area contributed by atoms with Gasteiger partial charge in [0.05, 0.1) is 7.11 Å². The molecule has 94 valence electrons. The SMILES string of the molecule is COc1cccc(CN2CC[C@@H](CN)C2)c1O. The molecular formula is C13H20N2O2. The Balaban J connectivity index is 2.04. The molecule has 1 fully saturated rings. The lowest BCUT2D eigenvalue weighted by Crippen LogP contribution is -2.22. The van der Waals surface area contributed by atoms with Crippen LogP contribution in [0.4, 0.5) is 0 Å². The Labute approximate surface area is 102 Å². The maximum atomic E-state index is 10.00. The van der Waals surface area contributed by atoms with Gasteiger partial charge in [0, 0.05) is 18.7 Å². The normalized spacial score (nSPS) is 20.7. The molecule has 1 aliphatic rings. The standard InChI is InChI=1S/C13H20N2O2/c1-17-12-4-2-3-11(13(12)16)9-15-6-5-10(7-14)8-15/h2-4,10,16H,5-9,14H2,1H3/t10-/m0/s1. The molecular weight excluding hydrogens is 216 g/mol. The summed E-state index contributed by atoms with van der Waals surface area (Å²) >= 11 is 0. The van der Waals surface area contributed by atoms with Crippen LogP contribution in [0.25, 0.3) is 0 Å². The number of ether oxygens (including phenoxy) is 1. The zero-order valence-corrected chi connectivity index (χ0v) is 10.2. The van der Waals surface area contributed by atoms with Crippen molar-refractivity contribution in [3.8, 4) is 11.5 Å². The van der Waals surface area contributed by atoms with E-state index < -0.39 is 0 Å². The van der Waals surface area contributed by atoms with Crippen LogP contribution in [-0.4, -0.2) is 36.8 Å². The zero-order chi connectivity index (χ0) is 12.3. The second kappa shape index (κ2) is 5.38. The van der Waals surface area contributed by atoms with Crippen LogP contribution in [0.5, 0.6) is 11.5 Å². The fourth-order valence-electron chi connectivity index (χ4n) is 2.35. The first-order valence-electron chi connectivity index (χ1n) is 6.02. The first kappa shape index (κ1) is 12.2. The van der Waals surface area contributed by atoms with Crippen molar-refractivity contribution in [3.05, 3.63) is 23.8 Å². The van der Waals surface area contributed by atoms with Crippen molar-refractivity contribution in [3.63, 3.8) is 0 Å². The number of nitrogens with zero attached hydrogens (tertiary/aromatic N) is 1. The summed E-state index contributed by atoms with van der Waals surface area (Å²) < 4.78 is 5.10. The summed E-state index contributed by atoms with van der Waals surface area (Å²) in [7, 11) is 1.57. The molecule has 1 heterocycles. The van der Waals surface area contributed by atoms with Crippen LogP contribution in [0.2, 0.25) is 0 Å². The Morgan fingerprint density at radius 3 is 3.00 bits per heavy atom. The minimum Gasteiger partial charge on any atom is -0.504 e. The summed E-state index contributed by atoms with van der Waals surface area (Å²) in [6, 6.07) is 5.61. The molecule has 0 aliphatic carbocycles. The highest BCUT2D eigenvalue weighted by Gasteiger charge is 2.22. The molecule has 0 aromatic heterocycles. The van der Waals surface area contributed by atoms with E-state index in [-0.39, 0.29) is 5.75 Å². The van der Waals surface area contributed by atoms with Gasteiger partial charge in [0.2, 0.25) is 0 Å². The number of rotatable bonds is 4. The fraction of sp³-hybridized carbons (Fsp3) is 0.538. The lowest BCUT2D eigenvalue weighted by molar-refractivity contribution is 0.307. The van der Waals surface area contributed by atoms with Crippen molar-refractivity contribution in [1.29, 1.82) is 0 Å². The van der Waals surface area contributed by atoms with Gasteiger partial charge in [0.15, 0.2) is 11.5 Å². The summed E-state index contributed by atoms with van der Waals surface area (Å²) in [6.45, 7) is 3.59. The van der Waals surface area contributed by atoms with E-state index in [9.17, 15) is 5.11 Å². The molecule has 1 aromatic carbocycles. The van der Waals surface area contributed by atoms with Gasteiger partial charge in [-0.05, 0) is 31.5 Å². The van der Waals surface area contributed by atoms with Gasteiger partial charge < -0.3 is 15.6 Å². The fourth-order valence-corrected chi connectivity index (χ4v) is 2.35. The highest BCUT2D eigenvalue weighted by Crippen LogP contribution is 2.31. The molecule has 2 rings (SSSR count). The molecule has 4 nitrogen and oxygen atoms in total. The van der Waals surface area contributed by atoms with Crippen LogP contribution in [0.1, 0.15) is 12.0 Å². The van der Waals surface area contributed by atoms with Crippen molar-refractivity contribution >= 4 is 0 Å². The van der Waals surface area contributed by atoms with Gasteiger partial charge in [-0.3, -0.25) is 4.90 Å². The Morgan fingerprint density at radius 1 is 1.53 bits per heavy atom. The summed E-state index contributed by atoms with van der Waals surface area (Å²) in [6.07, 6.45) is 1.15. The first-order valence-corrected chi connectivity index (χ1v) is 6.02. The molecule has 1 aliphatic heterocycles. The van der Waals surface area contributed by atoms with Gasteiger partial charge in [-0.25, -0.2) is 0 Å². The minimum atomic E-state index is 0.256. The molecule has 17 heavy (non-hydrogen) atoms. The lowest BCUT2D eigenvalue weighted by atomic mass is 10.1. The monoisotopic (exact) mass is 236 g/mol. The van der Waals surface area contributed by atoms with E-state index in [4.69, 9.17) is 10.5 Å². The maximum absolute atomic E-state index is 10.00. The van der Waals surface area contributed by atoms with E-state index in [0.717, 1.165) is 38.2 Å². The molecule has 1 saturated heterocycles. The average molecular weight is 236 g/mol. The number of hydrogen-bond acceptors (Lipinski definition) is 4. The maximum Gasteiger partial charge on any atom is 0.162 e. The molecule has 0 bridgehead atoms. The highest BCUT2D eigenvalue weighted by molar-refractivity contribution is 5.45. The molecule has 1 aromatic rings. The number of likely N-dealkylation sites (tertiary alicyclic amines) is 1. The molecule has 0 spiro atoms. The van der Waals surface area contributed by atoms with E-state index >= 15 is 0 Å². The molecule has 0 saturated carbocycles. The van der Waals surface area contributed by atoms with Crippen LogP contribution in [0.15, 0.2) is 18.2 Å². The van der Waals surface area contributed by atoms with E-state index in [2.05, 4.69) is 4.90 Å². The van der Waals surface area contributed by atoms with E-state index in [1.807, 2.05) is 12.1 Å². The predicted octanol–water partition coefficient (Wildman–Crippen LogP) is 1.18. The molecule has 0 amide bonds. The lowest BCUT2D eigenvalue weighted by Gasteiger charge is -2.17. The van der Waals surface area contributed by atoms with Gasteiger partial charge >= 0.3 is 0 Å². The van der Waals surface area contributed by atoms with Crippen LogP contribution < -0.4 is 10.5 Å². The molecule has 0 unspecified atom stereocenters. The summed E-state index contributed by atoms with van der Waals surface area (Å²) in [5, 5.41) is 10.00. The van der Waals surface area contributed by atoms with Crippen molar-refractivity contribution in [2.24, 2.45) is 11.7 Å². The number of para-hydroxylation sites is 1. The Kier molecular flexibility index (Phi) is 3.86. The summed E-state index contributed by atoms with van der Waals surface area (Å²) in [4.78, 5) is 2.33. The van der Waals surface area contributed by atoms with E-state index in [1.54, 1.807) is 13.2 Å². The Morgan fingerprint density at radius 2 is 2.35 bits per heavy atom. The quantitative estimate of drug-likeness (QED) is 0.824. The van der Waals surface area contributed by atoms with Crippen LogP contribution in [0.3, 0.4) is 0 Å². The van der Waals surface area contributed by atoms with Gasteiger partial charge in [-0.2, -0.15) is 0 Å². The van der Waals surface area contributed by atoms with Crippen LogP contribution in [-0.2, 0) is 6.54 Å². The molecule has 1 atom stereocenters. The molecule has 0 radical (unpaired) electrons. The zero-order valence-electron chi connectivity index (χ0n) is 10.2. The Bertz CT molecular complexity index is 382. The van der Waals surface area contributed by atoms with Gasteiger partial charge in [-0.15, -0.1) is 0 Å². The largest absolute Gasteiger partial charge is 0.504 e. The number of methoxy groups -OCH3 is 1. The van der Waals surface area contributed by atoms with Crippen LogP contribution >= 0.6 is 0 Å². The van der Waals surface area contributed by atoms with Crippen molar-refractivity contribution in [2.75, 3.05) is 26.7 Å². The third kappa shape index (κ3) is 2.70. The number of phenols is 1. The number of aromatic hydroxyl groups is 1. The van der Waals surface area contributed by atoms with E-state index in [0.29, 0.717) is 11.7 Å². The summed E-state index contributed by atoms with van der Waals surface area (Å²) in [5.74, 6) is 1.39. The predicted molar refractivity (Wildman–Crippen MR) is 67.1 cm³/mol. The second-order valence-electron chi connectivity index (χ2n) is 4.59. The minimum absolute atomic E-state index is 0.256. The summed E-state index contributed by atoms with van der Waals surface area (Å²) in [5.41, 5.74) is 6.59. The molecule has 4 heteroatoms. The van der Waals surface area contributed by atoms with Crippen LogP contribution in [0, 0.1) is 5.92 Å². The third-order valence-corrected chi connectivity index (χ3v) is 3.40. The molecule has 3 N–H and O–H groups in total. The smallest absolute Gasteiger partial charge is 0.162 e. The average Bonchev–Trinajstić information content (AvgIpc) is 2.79. The number of benzene rings is 1. The van der Waals surface area contributed by atoms with Crippen molar-refractivity contribution in [2.45, 2.75) is 13.0 Å². The van der Waals surface area contributed by atoms with Crippen molar-refractivity contribution < 1.29 is 9.84 Å².